The lowest BCUT2D eigenvalue weighted by Gasteiger charge is -2.38. The summed E-state index contributed by atoms with van der Waals surface area (Å²) in [6, 6.07) is 7.61. The largest absolute Gasteiger partial charge is 0.496 e. The maximum Gasteiger partial charge on any atom is 0.227 e. The second-order valence-electron chi connectivity index (χ2n) is 6.32. The van der Waals surface area contributed by atoms with Crippen LogP contribution in [0.4, 0.5) is 0 Å². The molecule has 0 radical (unpaired) electrons. The number of piperazine rings is 1. The summed E-state index contributed by atoms with van der Waals surface area (Å²) < 4.78 is 5.30. The zero-order chi connectivity index (χ0) is 16.2. The van der Waals surface area contributed by atoms with Gasteiger partial charge in [-0.15, -0.1) is 0 Å². The average Bonchev–Trinajstić information content (AvgIpc) is 2.54. The van der Waals surface area contributed by atoms with Gasteiger partial charge < -0.3 is 14.5 Å². The molecule has 2 amide bonds. The molecular weight excluding hydrogens is 292 g/mol. The van der Waals surface area contributed by atoms with Crippen molar-refractivity contribution in [1.82, 2.24) is 9.80 Å². The number of para-hydroxylation sites is 1. The van der Waals surface area contributed by atoms with Crippen molar-refractivity contribution in [2.24, 2.45) is 5.92 Å². The van der Waals surface area contributed by atoms with E-state index in [1.54, 1.807) is 7.11 Å². The molecule has 0 unspecified atom stereocenters. The molecule has 5 nitrogen and oxygen atoms in total. The van der Waals surface area contributed by atoms with Gasteiger partial charge in [0.05, 0.1) is 13.5 Å². The lowest BCUT2D eigenvalue weighted by molar-refractivity contribution is -0.143. The van der Waals surface area contributed by atoms with Crippen molar-refractivity contribution in [2.45, 2.75) is 25.7 Å². The predicted octanol–water partition coefficient (Wildman–Crippen LogP) is 1.71. The molecule has 3 rings (SSSR count). The minimum atomic E-state index is 0.102. The number of benzene rings is 1. The normalized spacial score (nSPS) is 18.5. The number of nitrogens with zero attached hydrogens (tertiary/aromatic N) is 2. The molecule has 0 aromatic heterocycles. The van der Waals surface area contributed by atoms with Gasteiger partial charge in [-0.25, -0.2) is 0 Å². The summed E-state index contributed by atoms with van der Waals surface area (Å²) in [5, 5.41) is 0. The number of hydrogen-bond donors (Lipinski definition) is 0. The number of rotatable bonds is 4. The van der Waals surface area contributed by atoms with Crippen LogP contribution < -0.4 is 4.74 Å². The highest BCUT2D eigenvalue weighted by atomic mass is 16.5. The van der Waals surface area contributed by atoms with E-state index in [0.29, 0.717) is 32.6 Å². The van der Waals surface area contributed by atoms with Gasteiger partial charge in [-0.1, -0.05) is 24.6 Å². The summed E-state index contributed by atoms with van der Waals surface area (Å²) in [5.74, 6) is 1.38. The Balaban J connectivity index is 1.53. The average molecular weight is 316 g/mol. The van der Waals surface area contributed by atoms with E-state index in [0.717, 1.165) is 24.2 Å². The molecule has 0 bridgehead atoms. The summed E-state index contributed by atoms with van der Waals surface area (Å²) in [6.07, 6.45) is 3.59. The fourth-order valence-electron chi connectivity index (χ4n) is 3.21. The Hall–Kier alpha value is -2.04. The van der Waals surface area contributed by atoms with E-state index >= 15 is 0 Å². The third-order valence-electron chi connectivity index (χ3n) is 4.93. The summed E-state index contributed by atoms with van der Waals surface area (Å²) in [7, 11) is 1.62. The third kappa shape index (κ3) is 3.49. The zero-order valence-electron chi connectivity index (χ0n) is 13.7. The van der Waals surface area contributed by atoms with E-state index in [9.17, 15) is 9.59 Å². The highest BCUT2D eigenvalue weighted by molar-refractivity contribution is 5.81. The fraction of sp³-hybridized carbons (Fsp3) is 0.556. The molecule has 0 atom stereocenters. The van der Waals surface area contributed by atoms with Crippen LogP contribution in [0.2, 0.25) is 0 Å². The number of carbonyl (C=O) groups is 2. The molecule has 23 heavy (non-hydrogen) atoms. The van der Waals surface area contributed by atoms with Crippen LogP contribution in [0, 0.1) is 5.92 Å². The maximum absolute atomic E-state index is 12.5. The summed E-state index contributed by atoms with van der Waals surface area (Å²) in [5.41, 5.74) is 0.910. The second kappa shape index (κ2) is 7.02. The molecule has 1 aliphatic carbocycles. The van der Waals surface area contributed by atoms with Crippen molar-refractivity contribution >= 4 is 11.8 Å². The Morgan fingerprint density at radius 3 is 2.35 bits per heavy atom. The van der Waals surface area contributed by atoms with Gasteiger partial charge in [-0.2, -0.15) is 0 Å². The molecular formula is C18H24N2O3. The van der Waals surface area contributed by atoms with Crippen molar-refractivity contribution in [3.8, 4) is 5.75 Å². The minimum absolute atomic E-state index is 0.102. The molecule has 0 N–H and O–H groups in total. The first kappa shape index (κ1) is 15.8. The van der Waals surface area contributed by atoms with Gasteiger partial charge in [0.2, 0.25) is 11.8 Å². The lowest BCUT2D eigenvalue weighted by Crippen LogP contribution is -2.52. The number of methoxy groups -OCH3 is 1. The molecule has 2 aliphatic rings. The van der Waals surface area contributed by atoms with Crippen LogP contribution in [0.15, 0.2) is 24.3 Å². The molecule has 1 aromatic rings. The van der Waals surface area contributed by atoms with Crippen LogP contribution in [-0.4, -0.2) is 54.9 Å². The lowest BCUT2D eigenvalue weighted by atomic mass is 9.84. The van der Waals surface area contributed by atoms with Gasteiger partial charge >= 0.3 is 0 Å². The van der Waals surface area contributed by atoms with Crippen LogP contribution in [0.1, 0.15) is 24.8 Å². The molecule has 2 fully saturated rings. The van der Waals surface area contributed by atoms with Gasteiger partial charge in [-0.3, -0.25) is 9.59 Å². The smallest absolute Gasteiger partial charge is 0.227 e. The Bertz CT molecular complexity index is 575. The first-order chi connectivity index (χ1) is 11.2. The van der Waals surface area contributed by atoms with Crippen LogP contribution in [0.3, 0.4) is 0 Å². The van der Waals surface area contributed by atoms with E-state index in [2.05, 4.69) is 0 Å². The van der Waals surface area contributed by atoms with Crippen molar-refractivity contribution in [3.63, 3.8) is 0 Å². The Kier molecular flexibility index (Phi) is 4.84. The van der Waals surface area contributed by atoms with Gasteiger partial charge in [0.15, 0.2) is 0 Å². The second-order valence-corrected chi connectivity index (χ2v) is 6.32. The molecule has 1 aliphatic heterocycles. The van der Waals surface area contributed by atoms with Crippen molar-refractivity contribution in [2.75, 3.05) is 33.3 Å². The quantitative estimate of drug-likeness (QED) is 0.850. The Labute approximate surface area is 137 Å². The maximum atomic E-state index is 12.5. The Morgan fingerprint density at radius 2 is 1.74 bits per heavy atom. The van der Waals surface area contributed by atoms with E-state index in [1.807, 2.05) is 34.1 Å². The van der Waals surface area contributed by atoms with Gasteiger partial charge in [0.1, 0.15) is 5.75 Å². The molecule has 1 saturated carbocycles. The van der Waals surface area contributed by atoms with Crippen LogP contribution in [0.25, 0.3) is 0 Å². The van der Waals surface area contributed by atoms with E-state index < -0.39 is 0 Å². The first-order valence-electron chi connectivity index (χ1n) is 8.37. The standard InChI is InChI=1S/C18H24N2O3/c1-23-16-8-3-2-5-15(16)13-17(21)19-9-11-20(12-10-19)18(22)14-6-4-7-14/h2-3,5,8,14H,4,6-7,9-13H2,1H3. The highest BCUT2D eigenvalue weighted by Gasteiger charge is 2.32. The summed E-state index contributed by atoms with van der Waals surface area (Å²) in [6.45, 7) is 2.58. The molecule has 1 saturated heterocycles. The first-order valence-corrected chi connectivity index (χ1v) is 8.37. The molecule has 1 heterocycles. The number of ether oxygens (including phenoxy) is 1. The fourth-order valence-corrected chi connectivity index (χ4v) is 3.21. The topological polar surface area (TPSA) is 49.9 Å². The number of hydrogen-bond acceptors (Lipinski definition) is 3. The number of amides is 2. The molecule has 1 aromatic carbocycles. The minimum Gasteiger partial charge on any atom is -0.496 e. The van der Waals surface area contributed by atoms with E-state index in [1.165, 1.54) is 6.42 Å². The monoisotopic (exact) mass is 316 g/mol. The van der Waals surface area contributed by atoms with E-state index in [-0.39, 0.29) is 17.7 Å². The number of carbonyl (C=O) groups excluding carboxylic acids is 2. The van der Waals surface area contributed by atoms with Gasteiger partial charge in [0.25, 0.3) is 0 Å². The van der Waals surface area contributed by atoms with Gasteiger partial charge in [0, 0.05) is 37.7 Å². The Morgan fingerprint density at radius 1 is 1.09 bits per heavy atom. The molecule has 124 valence electrons. The third-order valence-corrected chi connectivity index (χ3v) is 4.93. The van der Waals surface area contributed by atoms with Crippen LogP contribution in [-0.2, 0) is 16.0 Å². The van der Waals surface area contributed by atoms with E-state index in [4.69, 9.17) is 4.74 Å². The SMILES string of the molecule is COc1ccccc1CC(=O)N1CCN(C(=O)C2CCC2)CC1. The predicted molar refractivity (Wildman–Crippen MR) is 87.2 cm³/mol. The zero-order valence-corrected chi connectivity index (χ0v) is 13.7. The van der Waals surface area contributed by atoms with Crippen molar-refractivity contribution in [3.05, 3.63) is 29.8 Å². The molecule has 5 heteroatoms. The molecule has 0 spiro atoms. The van der Waals surface area contributed by atoms with Crippen molar-refractivity contribution in [1.29, 1.82) is 0 Å². The highest BCUT2D eigenvalue weighted by Crippen LogP contribution is 2.28. The summed E-state index contributed by atoms with van der Waals surface area (Å²) >= 11 is 0. The van der Waals surface area contributed by atoms with Crippen molar-refractivity contribution < 1.29 is 14.3 Å². The van der Waals surface area contributed by atoms with Crippen LogP contribution in [0.5, 0.6) is 5.75 Å². The van der Waals surface area contributed by atoms with Crippen LogP contribution >= 0.6 is 0 Å². The summed E-state index contributed by atoms with van der Waals surface area (Å²) in [4.78, 5) is 28.5. The van der Waals surface area contributed by atoms with Gasteiger partial charge in [-0.05, 0) is 18.9 Å².